The number of phenols is 1. The molecule has 0 aliphatic carbocycles. The summed E-state index contributed by atoms with van der Waals surface area (Å²) in [4.78, 5) is 23.4. The predicted octanol–water partition coefficient (Wildman–Crippen LogP) is 0.289. The molecule has 0 saturated heterocycles. The molecule has 1 heterocycles. The number of nitrogens with one attached hydrogen (secondary N) is 1. The van der Waals surface area contributed by atoms with Crippen molar-refractivity contribution in [3.8, 4) is 17.2 Å². The zero-order valence-electron chi connectivity index (χ0n) is 13.2. The number of benzene rings is 1. The molecule has 124 valence electrons. The third-order valence-corrected chi connectivity index (χ3v) is 3.37. The molecule has 0 amide bonds. The first-order valence-corrected chi connectivity index (χ1v) is 6.95. The van der Waals surface area contributed by atoms with Gasteiger partial charge in [-0.3, -0.25) is 13.9 Å². The largest absolute Gasteiger partial charge is 0.502 e. The van der Waals surface area contributed by atoms with Crippen molar-refractivity contribution in [1.29, 1.82) is 0 Å². The van der Waals surface area contributed by atoms with Gasteiger partial charge in [-0.2, -0.15) is 0 Å². The number of anilines is 1. The van der Waals surface area contributed by atoms with E-state index in [9.17, 15) is 14.7 Å². The topological polar surface area (TPSA) is 94.7 Å². The minimum absolute atomic E-state index is 0.0732. The Kier molecular flexibility index (Phi) is 4.95. The van der Waals surface area contributed by atoms with Crippen LogP contribution in [-0.4, -0.2) is 34.5 Å². The van der Waals surface area contributed by atoms with Crippen LogP contribution in [0, 0.1) is 0 Å². The first-order valence-electron chi connectivity index (χ1n) is 6.95. The average Bonchev–Trinajstić information content (AvgIpc) is 2.55. The molecule has 0 fully saturated rings. The predicted molar refractivity (Wildman–Crippen MR) is 85.6 cm³/mol. The quantitative estimate of drug-likeness (QED) is 0.743. The molecule has 0 radical (unpaired) electrons. The maximum atomic E-state index is 11.8. The molecule has 8 nitrogen and oxygen atoms in total. The van der Waals surface area contributed by atoms with Crippen LogP contribution >= 0.6 is 0 Å². The van der Waals surface area contributed by atoms with Gasteiger partial charge in [0, 0.05) is 20.2 Å². The molecule has 0 unspecified atom stereocenters. The van der Waals surface area contributed by atoms with Gasteiger partial charge < -0.3 is 19.9 Å². The Morgan fingerprint density at radius 1 is 1.17 bits per heavy atom. The van der Waals surface area contributed by atoms with E-state index in [-0.39, 0.29) is 17.9 Å². The van der Waals surface area contributed by atoms with Gasteiger partial charge in [-0.15, -0.1) is 0 Å². The van der Waals surface area contributed by atoms with Crippen molar-refractivity contribution in [3.63, 3.8) is 0 Å². The van der Waals surface area contributed by atoms with E-state index in [1.165, 1.54) is 24.8 Å². The number of nitrogens with zero attached hydrogens (tertiary/aromatic N) is 2. The second-order valence-corrected chi connectivity index (χ2v) is 4.85. The van der Waals surface area contributed by atoms with Crippen LogP contribution in [0.1, 0.15) is 0 Å². The molecule has 0 saturated carbocycles. The van der Waals surface area contributed by atoms with E-state index in [0.717, 1.165) is 4.57 Å². The van der Waals surface area contributed by atoms with Crippen molar-refractivity contribution >= 4 is 5.82 Å². The van der Waals surface area contributed by atoms with Gasteiger partial charge in [-0.1, -0.05) is 6.07 Å². The van der Waals surface area contributed by atoms with Crippen molar-refractivity contribution in [1.82, 2.24) is 9.13 Å². The summed E-state index contributed by atoms with van der Waals surface area (Å²) in [7, 11) is 4.44. The highest BCUT2D eigenvalue weighted by atomic mass is 16.5. The molecule has 2 rings (SSSR count). The normalized spacial score (nSPS) is 10.4. The standard InChI is InChI=1S/C15H19N3O5/c1-17-12(9-13(19)18(2)15(17)21)16-7-8-23-11-6-4-5-10(22-3)14(11)20/h4-6,9,16,20H,7-8H2,1-3H3. The van der Waals surface area contributed by atoms with Gasteiger partial charge in [-0.05, 0) is 12.1 Å². The Morgan fingerprint density at radius 2 is 1.87 bits per heavy atom. The van der Waals surface area contributed by atoms with Crippen molar-refractivity contribution in [2.24, 2.45) is 14.1 Å². The number of ether oxygens (including phenoxy) is 2. The zero-order valence-corrected chi connectivity index (χ0v) is 13.2. The molecule has 0 atom stereocenters. The smallest absolute Gasteiger partial charge is 0.332 e. The Morgan fingerprint density at radius 3 is 2.57 bits per heavy atom. The molecule has 1 aromatic carbocycles. The minimum Gasteiger partial charge on any atom is -0.502 e. The van der Waals surface area contributed by atoms with Crippen LogP contribution in [0.2, 0.25) is 0 Å². The van der Waals surface area contributed by atoms with Crippen molar-refractivity contribution < 1.29 is 14.6 Å². The lowest BCUT2D eigenvalue weighted by Crippen LogP contribution is -2.37. The average molecular weight is 321 g/mol. The molecule has 8 heteroatoms. The first-order chi connectivity index (χ1) is 11.0. The lowest BCUT2D eigenvalue weighted by molar-refractivity contribution is 0.300. The van der Waals surface area contributed by atoms with Crippen molar-refractivity contribution in [2.45, 2.75) is 0 Å². The van der Waals surface area contributed by atoms with Crippen LogP contribution in [0.4, 0.5) is 5.82 Å². The minimum atomic E-state index is -0.411. The highest BCUT2D eigenvalue weighted by Gasteiger charge is 2.08. The molecule has 23 heavy (non-hydrogen) atoms. The van der Waals surface area contributed by atoms with Crippen LogP contribution in [0.5, 0.6) is 17.2 Å². The molecule has 0 aliphatic heterocycles. The van der Waals surface area contributed by atoms with E-state index in [1.807, 2.05) is 0 Å². The molecule has 0 aliphatic rings. The number of aromatic hydroxyl groups is 1. The van der Waals surface area contributed by atoms with Gasteiger partial charge >= 0.3 is 5.69 Å². The van der Waals surface area contributed by atoms with Gasteiger partial charge in [-0.25, -0.2) is 4.79 Å². The molecule has 2 N–H and O–H groups in total. The Balaban J connectivity index is 1.99. The fraction of sp³-hybridized carbons (Fsp3) is 0.333. The Bertz CT molecular complexity index is 810. The summed E-state index contributed by atoms with van der Waals surface area (Å²) >= 11 is 0. The molecule has 0 spiro atoms. The zero-order chi connectivity index (χ0) is 17.0. The SMILES string of the molecule is COc1cccc(OCCNc2cc(=O)n(C)c(=O)n2C)c1O. The maximum absolute atomic E-state index is 11.8. The Labute approximate surface area is 132 Å². The number of rotatable bonds is 6. The van der Waals surface area contributed by atoms with E-state index in [0.29, 0.717) is 23.9 Å². The molecule has 2 aromatic rings. The summed E-state index contributed by atoms with van der Waals surface area (Å²) in [6.45, 7) is 0.571. The first kappa shape index (κ1) is 16.5. The summed E-state index contributed by atoms with van der Waals surface area (Å²) in [6.07, 6.45) is 0. The highest BCUT2D eigenvalue weighted by molar-refractivity contribution is 5.49. The van der Waals surface area contributed by atoms with Crippen LogP contribution in [-0.2, 0) is 14.1 Å². The number of hydrogen-bond acceptors (Lipinski definition) is 6. The molecular formula is C15H19N3O5. The van der Waals surface area contributed by atoms with Crippen LogP contribution in [0.15, 0.2) is 33.9 Å². The van der Waals surface area contributed by atoms with Crippen molar-refractivity contribution in [2.75, 3.05) is 25.6 Å². The van der Waals surface area contributed by atoms with Crippen LogP contribution < -0.4 is 26.0 Å². The molecular weight excluding hydrogens is 302 g/mol. The third-order valence-electron chi connectivity index (χ3n) is 3.37. The van der Waals surface area contributed by atoms with Crippen molar-refractivity contribution in [3.05, 3.63) is 45.1 Å². The lowest BCUT2D eigenvalue weighted by Gasteiger charge is -2.13. The number of methoxy groups -OCH3 is 1. The fourth-order valence-corrected chi connectivity index (χ4v) is 2.03. The molecule has 1 aromatic heterocycles. The maximum Gasteiger partial charge on any atom is 0.332 e. The van der Waals surface area contributed by atoms with Crippen LogP contribution in [0.3, 0.4) is 0 Å². The monoisotopic (exact) mass is 321 g/mol. The summed E-state index contributed by atoms with van der Waals surface area (Å²) in [5.74, 6) is 0.945. The second-order valence-electron chi connectivity index (χ2n) is 4.85. The van der Waals surface area contributed by atoms with Gasteiger partial charge in [0.05, 0.1) is 13.7 Å². The third kappa shape index (κ3) is 3.47. The van der Waals surface area contributed by atoms with Crippen LogP contribution in [0.25, 0.3) is 0 Å². The van der Waals surface area contributed by atoms with E-state index in [4.69, 9.17) is 9.47 Å². The van der Waals surface area contributed by atoms with Gasteiger partial charge in [0.15, 0.2) is 11.5 Å². The van der Waals surface area contributed by atoms with E-state index in [2.05, 4.69) is 5.32 Å². The van der Waals surface area contributed by atoms with E-state index in [1.54, 1.807) is 25.2 Å². The fourth-order valence-electron chi connectivity index (χ4n) is 2.03. The van der Waals surface area contributed by atoms with E-state index >= 15 is 0 Å². The highest BCUT2D eigenvalue weighted by Crippen LogP contribution is 2.35. The van der Waals surface area contributed by atoms with E-state index < -0.39 is 5.69 Å². The molecule has 0 bridgehead atoms. The number of aromatic nitrogens is 2. The Hall–Kier alpha value is -2.90. The second kappa shape index (κ2) is 6.91. The summed E-state index contributed by atoms with van der Waals surface area (Å²) in [5.41, 5.74) is -0.798. The summed E-state index contributed by atoms with van der Waals surface area (Å²) in [5, 5.41) is 12.8. The lowest BCUT2D eigenvalue weighted by atomic mass is 10.3. The van der Waals surface area contributed by atoms with Gasteiger partial charge in [0.25, 0.3) is 5.56 Å². The van der Waals surface area contributed by atoms with Gasteiger partial charge in [0.2, 0.25) is 5.75 Å². The number of phenolic OH excluding ortho intramolecular Hbond substituents is 1. The number of hydrogen-bond donors (Lipinski definition) is 2. The summed E-state index contributed by atoms with van der Waals surface area (Å²) < 4.78 is 12.8. The summed E-state index contributed by atoms with van der Waals surface area (Å²) in [6, 6.07) is 6.28. The number of para-hydroxylation sites is 1. The van der Waals surface area contributed by atoms with Gasteiger partial charge in [0.1, 0.15) is 12.4 Å².